The molecule has 0 aliphatic carbocycles. The van der Waals surface area contributed by atoms with Crippen LogP contribution < -0.4 is 4.74 Å². The van der Waals surface area contributed by atoms with E-state index in [1.165, 1.54) is 19.0 Å². The summed E-state index contributed by atoms with van der Waals surface area (Å²) < 4.78 is 17.3. The molecule has 0 aliphatic rings. The Morgan fingerprint density at radius 2 is 1.76 bits per heavy atom. The number of esters is 1. The molecular weight excluding hydrogens is 428 g/mol. The van der Waals surface area contributed by atoms with Gasteiger partial charge in [-0.2, -0.15) is 0 Å². The number of aryl methyl sites for hydroxylation is 1. The predicted octanol–water partition coefficient (Wildman–Crippen LogP) is 6.62. The van der Waals surface area contributed by atoms with Gasteiger partial charge in [0.1, 0.15) is 17.5 Å². The first kappa shape index (κ1) is 23.5. The van der Waals surface area contributed by atoms with Gasteiger partial charge in [0.05, 0.1) is 13.2 Å². The van der Waals surface area contributed by atoms with Gasteiger partial charge >= 0.3 is 5.97 Å². The average Bonchev–Trinajstić information content (AvgIpc) is 3.28. The first-order valence-corrected chi connectivity index (χ1v) is 11.8. The summed E-state index contributed by atoms with van der Waals surface area (Å²) in [6, 6.07) is 18.5. The first-order chi connectivity index (χ1) is 16.6. The van der Waals surface area contributed by atoms with Crippen LogP contribution in [0.4, 0.5) is 0 Å². The van der Waals surface area contributed by atoms with Crippen molar-refractivity contribution in [3.8, 4) is 28.3 Å². The number of hydrogen-bond acceptors (Lipinski definition) is 6. The lowest BCUT2D eigenvalue weighted by atomic mass is 9.98. The van der Waals surface area contributed by atoms with Crippen LogP contribution in [0.3, 0.4) is 0 Å². The number of aromatic nitrogens is 2. The highest BCUT2D eigenvalue weighted by molar-refractivity contribution is 6.03. The summed E-state index contributed by atoms with van der Waals surface area (Å²) in [6.07, 6.45) is 5.20. The number of furan rings is 1. The fourth-order valence-electron chi connectivity index (χ4n) is 4.02. The van der Waals surface area contributed by atoms with E-state index in [-0.39, 0.29) is 12.1 Å². The van der Waals surface area contributed by atoms with Crippen LogP contribution >= 0.6 is 0 Å². The molecule has 0 spiro atoms. The summed E-state index contributed by atoms with van der Waals surface area (Å²) in [5, 5.41) is 0.770. The van der Waals surface area contributed by atoms with Crippen molar-refractivity contribution >= 4 is 17.1 Å². The molecule has 0 aliphatic heterocycles. The molecule has 1 atom stereocenters. The maximum atomic E-state index is 11.3. The lowest BCUT2D eigenvalue weighted by Crippen LogP contribution is -2.13. The molecule has 1 unspecified atom stereocenters. The number of unbranched alkanes of at least 4 members (excludes halogenated alkanes) is 1. The largest absolute Gasteiger partial charge is 0.474 e. The molecule has 2 aromatic heterocycles. The SMILES string of the molecule is CCc1ccc(-c2c(-c3ccccc3)oc3ncnc(OC(C)CCCCC(=O)OC)c23)cc1. The molecule has 6 nitrogen and oxygen atoms in total. The van der Waals surface area contributed by atoms with Crippen LogP contribution in [-0.2, 0) is 16.0 Å². The predicted molar refractivity (Wildman–Crippen MR) is 133 cm³/mol. The second kappa shape index (κ2) is 11.0. The van der Waals surface area contributed by atoms with Crippen molar-refractivity contribution in [2.45, 2.75) is 52.1 Å². The fraction of sp³-hybridized carbons (Fsp3) is 0.321. The summed E-state index contributed by atoms with van der Waals surface area (Å²) >= 11 is 0. The average molecular weight is 459 g/mol. The summed E-state index contributed by atoms with van der Waals surface area (Å²) in [5.41, 5.74) is 4.69. The molecule has 0 radical (unpaired) electrons. The zero-order chi connectivity index (χ0) is 23.9. The Balaban J connectivity index is 1.69. The number of hydrogen-bond donors (Lipinski definition) is 0. The standard InChI is InChI=1S/C28H30N2O4/c1-4-20-14-16-21(17-15-20)24-25-27(33-19(2)10-8-9-13-23(31)32-3)29-18-30-28(25)34-26(24)22-11-6-5-7-12-22/h5-7,11-12,14-19H,4,8-10,13H2,1-3H3. The minimum atomic E-state index is -0.184. The Hall–Kier alpha value is -3.67. The van der Waals surface area contributed by atoms with E-state index in [0.29, 0.717) is 18.0 Å². The molecule has 4 aromatic rings. The molecule has 4 rings (SSSR count). The van der Waals surface area contributed by atoms with Crippen molar-refractivity contribution < 1.29 is 18.7 Å². The number of carbonyl (C=O) groups is 1. The smallest absolute Gasteiger partial charge is 0.305 e. The lowest BCUT2D eigenvalue weighted by Gasteiger charge is -2.14. The summed E-state index contributed by atoms with van der Waals surface area (Å²) in [7, 11) is 1.41. The Morgan fingerprint density at radius 3 is 2.47 bits per heavy atom. The summed E-state index contributed by atoms with van der Waals surface area (Å²) in [5.74, 6) is 1.07. The third-order valence-electron chi connectivity index (χ3n) is 5.92. The van der Waals surface area contributed by atoms with Crippen molar-refractivity contribution in [1.82, 2.24) is 9.97 Å². The number of nitrogens with zero attached hydrogens (tertiary/aromatic N) is 2. The molecule has 0 amide bonds. The van der Waals surface area contributed by atoms with Crippen LogP contribution in [-0.4, -0.2) is 29.2 Å². The van der Waals surface area contributed by atoms with E-state index in [0.717, 1.165) is 53.5 Å². The van der Waals surface area contributed by atoms with E-state index in [2.05, 4.69) is 41.2 Å². The lowest BCUT2D eigenvalue weighted by molar-refractivity contribution is -0.140. The number of fused-ring (bicyclic) bond motifs is 1. The van der Waals surface area contributed by atoms with Crippen LogP contribution in [0, 0.1) is 0 Å². The van der Waals surface area contributed by atoms with Crippen molar-refractivity contribution in [1.29, 1.82) is 0 Å². The molecule has 0 fully saturated rings. The first-order valence-electron chi connectivity index (χ1n) is 11.8. The number of methoxy groups -OCH3 is 1. The topological polar surface area (TPSA) is 74.5 Å². The van der Waals surface area contributed by atoms with E-state index < -0.39 is 0 Å². The van der Waals surface area contributed by atoms with Gasteiger partial charge in [0.15, 0.2) is 0 Å². The highest BCUT2D eigenvalue weighted by Gasteiger charge is 2.23. The van der Waals surface area contributed by atoms with E-state index in [9.17, 15) is 4.79 Å². The van der Waals surface area contributed by atoms with Crippen LogP contribution in [0.25, 0.3) is 33.6 Å². The molecular formula is C28H30N2O4. The Morgan fingerprint density at radius 1 is 1.00 bits per heavy atom. The molecule has 2 aromatic carbocycles. The number of benzene rings is 2. The number of ether oxygens (including phenoxy) is 2. The van der Waals surface area contributed by atoms with E-state index in [1.54, 1.807) is 0 Å². The third kappa shape index (κ3) is 5.28. The van der Waals surface area contributed by atoms with Crippen LogP contribution in [0.5, 0.6) is 5.88 Å². The monoisotopic (exact) mass is 458 g/mol. The van der Waals surface area contributed by atoms with Crippen molar-refractivity contribution in [3.05, 3.63) is 66.5 Å². The van der Waals surface area contributed by atoms with Gasteiger partial charge in [-0.05, 0) is 43.7 Å². The van der Waals surface area contributed by atoms with E-state index in [4.69, 9.17) is 13.9 Å². The van der Waals surface area contributed by atoms with Gasteiger partial charge in [-0.15, -0.1) is 0 Å². The van der Waals surface area contributed by atoms with Crippen LogP contribution in [0.2, 0.25) is 0 Å². The van der Waals surface area contributed by atoms with E-state index in [1.807, 2.05) is 37.3 Å². The highest BCUT2D eigenvalue weighted by atomic mass is 16.5. The third-order valence-corrected chi connectivity index (χ3v) is 5.92. The van der Waals surface area contributed by atoms with Gasteiger partial charge in [0.25, 0.3) is 0 Å². The van der Waals surface area contributed by atoms with Gasteiger partial charge in [-0.3, -0.25) is 4.79 Å². The van der Waals surface area contributed by atoms with Crippen molar-refractivity contribution in [2.75, 3.05) is 7.11 Å². The molecule has 0 saturated heterocycles. The number of carbonyl (C=O) groups excluding carboxylic acids is 1. The molecule has 176 valence electrons. The zero-order valence-corrected chi connectivity index (χ0v) is 19.9. The highest BCUT2D eigenvalue weighted by Crippen LogP contribution is 2.43. The Kier molecular flexibility index (Phi) is 7.58. The summed E-state index contributed by atoms with van der Waals surface area (Å²) in [6.45, 7) is 4.16. The second-order valence-electron chi connectivity index (χ2n) is 8.33. The normalized spacial score (nSPS) is 12.0. The van der Waals surface area contributed by atoms with Crippen LogP contribution in [0.1, 0.15) is 45.1 Å². The van der Waals surface area contributed by atoms with Gasteiger partial charge in [0, 0.05) is 17.5 Å². The fourth-order valence-corrected chi connectivity index (χ4v) is 4.02. The maximum absolute atomic E-state index is 11.3. The molecule has 0 N–H and O–H groups in total. The Labute approximate surface area is 199 Å². The Bertz CT molecular complexity index is 1230. The molecule has 0 saturated carbocycles. The minimum absolute atomic E-state index is 0.0823. The number of rotatable bonds is 10. The van der Waals surface area contributed by atoms with Crippen molar-refractivity contribution in [3.63, 3.8) is 0 Å². The quantitative estimate of drug-likeness (QED) is 0.196. The molecule has 2 heterocycles. The van der Waals surface area contributed by atoms with Crippen LogP contribution in [0.15, 0.2) is 65.3 Å². The van der Waals surface area contributed by atoms with Gasteiger partial charge in [-0.1, -0.05) is 61.5 Å². The van der Waals surface area contributed by atoms with Gasteiger partial charge < -0.3 is 13.9 Å². The second-order valence-corrected chi connectivity index (χ2v) is 8.33. The molecule has 6 heteroatoms. The van der Waals surface area contributed by atoms with Gasteiger partial charge in [0.2, 0.25) is 11.6 Å². The molecule has 0 bridgehead atoms. The zero-order valence-electron chi connectivity index (χ0n) is 19.9. The van der Waals surface area contributed by atoms with Crippen molar-refractivity contribution in [2.24, 2.45) is 0 Å². The minimum Gasteiger partial charge on any atom is -0.474 e. The summed E-state index contributed by atoms with van der Waals surface area (Å²) in [4.78, 5) is 20.2. The van der Waals surface area contributed by atoms with E-state index >= 15 is 0 Å². The van der Waals surface area contributed by atoms with Gasteiger partial charge in [-0.25, -0.2) is 9.97 Å². The maximum Gasteiger partial charge on any atom is 0.305 e. The molecule has 34 heavy (non-hydrogen) atoms.